The van der Waals surface area contributed by atoms with Crippen LogP contribution in [0.4, 0.5) is 15.0 Å². The maximum absolute atomic E-state index is 13.2. The highest BCUT2D eigenvalue weighted by Gasteiger charge is 2.25. The van der Waals surface area contributed by atoms with Crippen molar-refractivity contribution in [2.24, 2.45) is 7.05 Å². The van der Waals surface area contributed by atoms with Crippen molar-refractivity contribution in [3.05, 3.63) is 59.9 Å². The summed E-state index contributed by atoms with van der Waals surface area (Å²) in [7, 11) is 1.92. The first-order chi connectivity index (χ1) is 16.4. The Morgan fingerprint density at radius 1 is 1.15 bits per heavy atom. The summed E-state index contributed by atoms with van der Waals surface area (Å²) in [4.78, 5) is 27.0. The maximum Gasteiger partial charge on any atom is 0.317 e. The number of amides is 2. The number of aromatic nitrogens is 4. The highest BCUT2D eigenvalue weighted by molar-refractivity contribution is 7.22. The quantitative estimate of drug-likeness (QED) is 0.476. The van der Waals surface area contributed by atoms with Crippen molar-refractivity contribution >= 4 is 33.4 Å². The molecule has 10 heteroatoms. The Hall–Kier alpha value is -3.53. The van der Waals surface area contributed by atoms with Gasteiger partial charge in [-0.25, -0.2) is 19.2 Å². The average Bonchev–Trinajstić information content (AvgIpc) is 3.41. The minimum absolute atomic E-state index is 0.116. The van der Waals surface area contributed by atoms with E-state index < -0.39 is 0 Å². The number of halogens is 1. The first kappa shape index (κ1) is 22.3. The molecular weight excluding hydrogens is 453 g/mol. The Bertz CT molecular complexity index is 1330. The van der Waals surface area contributed by atoms with Crippen LogP contribution < -0.4 is 10.2 Å². The monoisotopic (exact) mass is 479 g/mol. The van der Waals surface area contributed by atoms with Gasteiger partial charge in [0.25, 0.3) is 0 Å². The van der Waals surface area contributed by atoms with Gasteiger partial charge in [-0.15, -0.1) is 11.3 Å². The molecule has 8 nitrogen and oxygen atoms in total. The van der Waals surface area contributed by atoms with Crippen LogP contribution in [0.1, 0.15) is 24.2 Å². The highest BCUT2D eigenvalue weighted by atomic mass is 32.1. The van der Waals surface area contributed by atoms with Gasteiger partial charge in [-0.05, 0) is 37.6 Å². The fourth-order valence-electron chi connectivity index (χ4n) is 4.27. The molecule has 0 spiro atoms. The van der Waals surface area contributed by atoms with Crippen LogP contribution in [-0.2, 0) is 7.05 Å². The lowest BCUT2D eigenvalue weighted by Crippen LogP contribution is -2.52. The molecule has 0 unspecified atom stereocenters. The van der Waals surface area contributed by atoms with Crippen molar-refractivity contribution in [1.29, 1.82) is 0 Å². The van der Waals surface area contributed by atoms with Crippen molar-refractivity contribution < 1.29 is 9.18 Å². The average molecular weight is 480 g/mol. The number of urea groups is 1. The van der Waals surface area contributed by atoms with Crippen molar-refractivity contribution in [2.45, 2.75) is 19.9 Å². The summed E-state index contributed by atoms with van der Waals surface area (Å²) in [5.74, 6) is 0.619. The van der Waals surface area contributed by atoms with Crippen LogP contribution in [0.3, 0.4) is 0 Å². The number of anilines is 1. The standard InChI is InChI=1S/C24H26FN7OS/c1-15(17-4-6-18(25)7-5-17)28-24(33)32-10-8-31(9-11-32)23-22-20(26-14-27-23)12-21(34-22)19-13-30(3)29-16(19)2/h4-7,12-15H,8-11H2,1-3H3,(H,28,33)/t15-/m0/s1. The molecule has 1 saturated heterocycles. The van der Waals surface area contributed by atoms with E-state index in [0.29, 0.717) is 26.2 Å². The van der Waals surface area contributed by atoms with Gasteiger partial charge in [-0.1, -0.05) is 12.1 Å². The second-order valence-electron chi connectivity index (χ2n) is 8.52. The van der Waals surface area contributed by atoms with E-state index in [9.17, 15) is 9.18 Å². The van der Waals surface area contributed by atoms with Gasteiger partial charge in [0.2, 0.25) is 0 Å². The molecule has 1 aliphatic rings. The number of fused-ring (bicyclic) bond motifs is 1. The third-order valence-electron chi connectivity index (χ3n) is 6.15. The number of thiophene rings is 1. The SMILES string of the molecule is Cc1nn(C)cc1-c1cc2ncnc(N3CCN(C(=O)N[C@@H](C)c4ccc(F)cc4)CC3)c2s1. The van der Waals surface area contributed by atoms with Crippen LogP contribution >= 0.6 is 11.3 Å². The van der Waals surface area contributed by atoms with Crippen LogP contribution in [0.15, 0.2) is 42.9 Å². The molecule has 176 valence electrons. The third-order valence-corrected chi connectivity index (χ3v) is 7.30. The topological polar surface area (TPSA) is 79.2 Å². The minimum Gasteiger partial charge on any atom is -0.352 e. The Balaban J connectivity index is 1.27. The Morgan fingerprint density at radius 3 is 2.56 bits per heavy atom. The smallest absolute Gasteiger partial charge is 0.317 e. The summed E-state index contributed by atoms with van der Waals surface area (Å²) in [6, 6.07) is 7.98. The van der Waals surface area contributed by atoms with Gasteiger partial charge < -0.3 is 15.1 Å². The van der Waals surface area contributed by atoms with Crippen LogP contribution in [0.2, 0.25) is 0 Å². The maximum atomic E-state index is 13.2. The first-order valence-electron chi connectivity index (χ1n) is 11.2. The normalized spacial score (nSPS) is 15.1. The number of hydrogen-bond donors (Lipinski definition) is 1. The molecule has 0 radical (unpaired) electrons. The van der Waals surface area contributed by atoms with Gasteiger partial charge in [0.05, 0.1) is 22.0 Å². The second kappa shape index (κ2) is 9.02. The molecule has 0 saturated carbocycles. The van der Waals surface area contributed by atoms with Crippen LogP contribution in [0.25, 0.3) is 20.7 Å². The van der Waals surface area contributed by atoms with E-state index in [0.717, 1.165) is 37.7 Å². The number of aryl methyl sites for hydroxylation is 2. The van der Waals surface area contributed by atoms with E-state index in [4.69, 9.17) is 0 Å². The van der Waals surface area contributed by atoms with Gasteiger partial charge in [-0.2, -0.15) is 5.10 Å². The van der Waals surface area contributed by atoms with Crippen molar-refractivity contribution in [2.75, 3.05) is 31.1 Å². The summed E-state index contributed by atoms with van der Waals surface area (Å²) >= 11 is 1.67. The number of carbonyl (C=O) groups excluding carboxylic acids is 1. The highest BCUT2D eigenvalue weighted by Crippen LogP contribution is 2.38. The van der Waals surface area contributed by atoms with Crippen molar-refractivity contribution in [3.8, 4) is 10.4 Å². The lowest BCUT2D eigenvalue weighted by atomic mass is 10.1. The molecule has 34 heavy (non-hydrogen) atoms. The van der Waals surface area contributed by atoms with Crippen LogP contribution in [0.5, 0.6) is 0 Å². The molecular formula is C24H26FN7OS. The van der Waals surface area contributed by atoms with E-state index in [1.54, 1.807) is 29.8 Å². The Labute approximate surface area is 201 Å². The molecule has 1 fully saturated rings. The molecule has 4 heterocycles. The number of carbonyl (C=O) groups is 1. The van der Waals surface area contributed by atoms with Crippen LogP contribution in [-0.4, -0.2) is 56.9 Å². The summed E-state index contributed by atoms with van der Waals surface area (Å²) in [6.45, 7) is 6.46. The summed E-state index contributed by atoms with van der Waals surface area (Å²) in [5.41, 5.74) is 3.88. The van der Waals surface area contributed by atoms with Crippen molar-refractivity contribution in [1.82, 2.24) is 30.0 Å². The van der Waals surface area contributed by atoms with E-state index in [1.807, 2.05) is 36.7 Å². The molecule has 0 bridgehead atoms. The number of hydrogen-bond acceptors (Lipinski definition) is 6. The lowest BCUT2D eigenvalue weighted by Gasteiger charge is -2.36. The Kier molecular flexibility index (Phi) is 5.91. The summed E-state index contributed by atoms with van der Waals surface area (Å²) in [6.07, 6.45) is 3.63. The number of rotatable bonds is 4. The molecule has 3 aromatic heterocycles. The second-order valence-corrected chi connectivity index (χ2v) is 9.57. The molecule has 4 aromatic rings. The molecule has 5 rings (SSSR count). The zero-order valence-corrected chi connectivity index (χ0v) is 20.1. The molecule has 1 N–H and O–H groups in total. The van der Waals surface area contributed by atoms with Crippen LogP contribution in [0, 0.1) is 12.7 Å². The van der Waals surface area contributed by atoms with E-state index in [-0.39, 0.29) is 17.9 Å². The first-order valence-corrected chi connectivity index (χ1v) is 12.0. The molecule has 1 aromatic carbocycles. The Morgan fingerprint density at radius 2 is 1.88 bits per heavy atom. The number of nitrogens with one attached hydrogen (secondary N) is 1. The number of benzene rings is 1. The predicted molar refractivity (Wildman–Crippen MR) is 131 cm³/mol. The fourth-order valence-corrected chi connectivity index (χ4v) is 5.46. The molecule has 1 aliphatic heterocycles. The molecule has 1 atom stereocenters. The van der Waals surface area contributed by atoms with Gasteiger partial charge in [0.1, 0.15) is 18.0 Å². The fraction of sp³-hybridized carbons (Fsp3) is 0.333. The number of piperazine rings is 1. The molecule has 2 amide bonds. The summed E-state index contributed by atoms with van der Waals surface area (Å²) in [5, 5.41) is 7.47. The van der Waals surface area contributed by atoms with Gasteiger partial charge in [-0.3, -0.25) is 4.68 Å². The largest absolute Gasteiger partial charge is 0.352 e. The zero-order valence-electron chi connectivity index (χ0n) is 19.3. The van der Waals surface area contributed by atoms with Gasteiger partial charge in [0.15, 0.2) is 0 Å². The van der Waals surface area contributed by atoms with Gasteiger partial charge >= 0.3 is 6.03 Å². The van der Waals surface area contributed by atoms with E-state index in [2.05, 4.69) is 31.3 Å². The third kappa shape index (κ3) is 4.33. The number of nitrogens with zero attached hydrogens (tertiary/aromatic N) is 6. The van der Waals surface area contributed by atoms with Gasteiger partial charge in [0, 0.05) is 49.9 Å². The minimum atomic E-state index is -0.286. The zero-order chi connectivity index (χ0) is 23.8. The predicted octanol–water partition coefficient (Wildman–Crippen LogP) is 4.13. The van der Waals surface area contributed by atoms with E-state index in [1.165, 1.54) is 12.1 Å². The van der Waals surface area contributed by atoms with Crippen molar-refractivity contribution in [3.63, 3.8) is 0 Å². The summed E-state index contributed by atoms with van der Waals surface area (Å²) < 4.78 is 16.0. The lowest BCUT2D eigenvalue weighted by molar-refractivity contribution is 0.191. The molecule has 0 aliphatic carbocycles. The van der Waals surface area contributed by atoms with E-state index >= 15 is 0 Å².